The maximum absolute atomic E-state index is 5.87. The van der Waals surface area contributed by atoms with E-state index in [4.69, 9.17) is 9.47 Å². The second-order valence-corrected chi connectivity index (χ2v) is 5.99. The van der Waals surface area contributed by atoms with Gasteiger partial charge in [-0.1, -0.05) is 13.8 Å². The van der Waals surface area contributed by atoms with E-state index in [0.717, 1.165) is 25.0 Å². The summed E-state index contributed by atoms with van der Waals surface area (Å²) >= 11 is 0. The predicted molar refractivity (Wildman–Crippen MR) is 70.1 cm³/mol. The molecule has 4 atom stereocenters. The summed E-state index contributed by atoms with van der Waals surface area (Å²) in [6, 6.07) is 0. The summed E-state index contributed by atoms with van der Waals surface area (Å²) in [5, 5.41) is 0. The third-order valence-electron chi connectivity index (χ3n) is 4.53. The molecule has 2 nitrogen and oxygen atoms in total. The number of hydrogen-bond acceptors (Lipinski definition) is 2. The van der Waals surface area contributed by atoms with Gasteiger partial charge in [0.25, 0.3) is 0 Å². The lowest BCUT2D eigenvalue weighted by Crippen LogP contribution is -2.27. The molecule has 0 amide bonds. The zero-order valence-corrected chi connectivity index (χ0v) is 11.5. The molecule has 17 heavy (non-hydrogen) atoms. The van der Waals surface area contributed by atoms with Crippen LogP contribution in [-0.4, -0.2) is 25.4 Å². The Morgan fingerprint density at radius 1 is 0.824 bits per heavy atom. The van der Waals surface area contributed by atoms with Crippen molar-refractivity contribution >= 4 is 0 Å². The highest BCUT2D eigenvalue weighted by Gasteiger charge is 2.25. The molecular weight excluding hydrogens is 212 g/mol. The van der Waals surface area contributed by atoms with Gasteiger partial charge in [-0.3, -0.25) is 0 Å². The van der Waals surface area contributed by atoms with Crippen LogP contribution in [0.25, 0.3) is 0 Å². The lowest BCUT2D eigenvalue weighted by Gasteiger charge is -2.29. The molecule has 0 spiro atoms. The van der Waals surface area contributed by atoms with E-state index >= 15 is 0 Å². The van der Waals surface area contributed by atoms with Crippen LogP contribution < -0.4 is 0 Å². The molecule has 2 heteroatoms. The van der Waals surface area contributed by atoms with E-state index in [1.807, 2.05) is 0 Å². The molecule has 0 aromatic rings. The van der Waals surface area contributed by atoms with Crippen molar-refractivity contribution in [3.63, 3.8) is 0 Å². The van der Waals surface area contributed by atoms with Crippen molar-refractivity contribution in [2.24, 2.45) is 11.8 Å². The molecular formula is C15H28O2. The quantitative estimate of drug-likeness (QED) is 0.728. The maximum Gasteiger partial charge on any atom is 0.0601 e. The summed E-state index contributed by atoms with van der Waals surface area (Å²) in [5.41, 5.74) is 0. The van der Waals surface area contributed by atoms with Crippen LogP contribution in [0.4, 0.5) is 0 Å². The van der Waals surface area contributed by atoms with Crippen LogP contribution in [-0.2, 0) is 9.47 Å². The first kappa shape index (κ1) is 13.4. The van der Waals surface area contributed by atoms with Crippen LogP contribution in [0.3, 0.4) is 0 Å². The highest BCUT2D eigenvalue weighted by atomic mass is 16.5. The highest BCUT2D eigenvalue weighted by molar-refractivity contribution is 4.75. The highest BCUT2D eigenvalue weighted by Crippen LogP contribution is 2.28. The van der Waals surface area contributed by atoms with Crippen molar-refractivity contribution < 1.29 is 9.47 Å². The standard InChI is InChI=1S/C15H28O2/c1-12(14-6-3-4-10-16-14)8-9-13(2)15-7-5-11-17-15/h12-15H,3-11H2,1-2H3/t12?,13?,14-,15+/m0/s1. The Hall–Kier alpha value is -0.0800. The van der Waals surface area contributed by atoms with Gasteiger partial charge in [-0.15, -0.1) is 0 Å². The summed E-state index contributed by atoms with van der Waals surface area (Å²) in [6.45, 7) is 6.68. The van der Waals surface area contributed by atoms with E-state index in [2.05, 4.69) is 13.8 Å². The number of hydrogen-bond donors (Lipinski definition) is 0. The van der Waals surface area contributed by atoms with E-state index in [1.165, 1.54) is 44.9 Å². The van der Waals surface area contributed by atoms with E-state index in [9.17, 15) is 0 Å². The topological polar surface area (TPSA) is 18.5 Å². The van der Waals surface area contributed by atoms with Gasteiger partial charge in [-0.25, -0.2) is 0 Å². The van der Waals surface area contributed by atoms with E-state index in [1.54, 1.807) is 0 Å². The fourth-order valence-electron chi connectivity index (χ4n) is 3.16. The molecule has 0 aromatic heterocycles. The normalized spacial score (nSPS) is 33.5. The molecule has 0 aromatic carbocycles. The minimum Gasteiger partial charge on any atom is -0.378 e. The molecule has 2 aliphatic rings. The Balaban J connectivity index is 1.65. The van der Waals surface area contributed by atoms with Crippen molar-refractivity contribution in [3.8, 4) is 0 Å². The summed E-state index contributed by atoms with van der Waals surface area (Å²) in [6.07, 6.45) is 10.1. The molecule has 2 unspecified atom stereocenters. The first-order valence-electron chi connectivity index (χ1n) is 7.50. The molecule has 0 N–H and O–H groups in total. The Labute approximate surface area is 106 Å². The van der Waals surface area contributed by atoms with Crippen molar-refractivity contribution in [2.75, 3.05) is 13.2 Å². The van der Waals surface area contributed by atoms with Crippen molar-refractivity contribution in [2.45, 2.75) is 71.0 Å². The van der Waals surface area contributed by atoms with Crippen LogP contribution in [0, 0.1) is 11.8 Å². The number of ether oxygens (including phenoxy) is 2. The van der Waals surface area contributed by atoms with E-state index in [-0.39, 0.29) is 0 Å². The van der Waals surface area contributed by atoms with E-state index < -0.39 is 0 Å². The molecule has 0 radical (unpaired) electrons. The van der Waals surface area contributed by atoms with Crippen LogP contribution in [0.1, 0.15) is 58.8 Å². The van der Waals surface area contributed by atoms with Crippen LogP contribution in [0.2, 0.25) is 0 Å². The van der Waals surface area contributed by atoms with Gasteiger partial charge >= 0.3 is 0 Å². The Morgan fingerprint density at radius 3 is 1.82 bits per heavy atom. The largest absolute Gasteiger partial charge is 0.378 e. The van der Waals surface area contributed by atoms with Crippen LogP contribution in [0.5, 0.6) is 0 Å². The van der Waals surface area contributed by atoms with Gasteiger partial charge in [0, 0.05) is 13.2 Å². The van der Waals surface area contributed by atoms with Crippen molar-refractivity contribution in [3.05, 3.63) is 0 Å². The van der Waals surface area contributed by atoms with Gasteiger partial charge in [-0.05, 0) is 56.8 Å². The molecule has 0 bridgehead atoms. The van der Waals surface area contributed by atoms with Gasteiger partial charge < -0.3 is 9.47 Å². The predicted octanol–water partition coefficient (Wildman–Crippen LogP) is 3.79. The fourth-order valence-corrected chi connectivity index (χ4v) is 3.16. The average molecular weight is 240 g/mol. The minimum atomic E-state index is 0.528. The second kappa shape index (κ2) is 6.75. The molecule has 0 saturated carbocycles. The van der Waals surface area contributed by atoms with Gasteiger partial charge in [0.1, 0.15) is 0 Å². The smallest absolute Gasteiger partial charge is 0.0601 e. The first-order chi connectivity index (χ1) is 8.27. The molecule has 2 heterocycles. The molecule has 2 fully saturated rings. The summed E-state index contributed by atoms with van der Waals surface area (Å²) < 4.78 is 11.6. The third kappa shape index (κ3) is 3.96. The van der Waals surface area contributed by atoms with Crippen LogP contribution >= 0.6 is 0 Å². The molecule has 2 rings (SSSR count). The molecule has 0 aliphatic carbocycles. The van der Waals surface area contributed by atoms with Gasteiger partial charge in [0.05, 0.1) is 12.2 Å². The van der Waals surface area contributed by atoms with Gasteiger partial charge in [0.2, 0.25) is 0 Å². The Kier molecular flexibility index (Phi) is 5.30. The van der Waals surface area contributed by atoms with Crippen molar-refractivity contribution in [1.29, 1.82) is 0 Å². The fraction of sp³-hybridized carbons (Fsp3) is 1.00. The van der Waals surface area contributed by atoms with E-state index in [0.29, 0.717) is 12.2 Å². The molecule has 100 valence electrons. The third-order valence-corrected chi connectivity index (χ3v) is 4.53. The average Bonchev–Trinajstić information content (AvgIpc) is 2.90. The van der Waals surface area contributed by atoms with Gasteiger partial charge in [-0.2, -0.15) is 0 Å². The first-order valence-corrected chi connectivity index (χ1v) is 7.50. The zero-order valence-electron chi connectivity index (χ0n) is 11.5. The monoisotopic (exact) mass is 240 g/mol. The Morgan fingerprint density at radius 2 is 1.35 bits per heavy atom. The lowest BCUT2D eigenvalue weighted by atomic mass is 9.88. The van der Waals surface area contributed by atoms with Gasteiger partial charge in [0.15, 0.2) is 0 Å². The zero-order chi connectivity index (χ0) is 12.1. The Bertz CT molecular complexity index is 205. The molecule has 2 aliphatic heterocycles. The SMILES string of the molecule is CC(CCC(C)[C@H]1CCCO1)[C@@H]1CCCCO1. The number of rotatable bonds is 5. The summed E-state index contributed by atoms with van der Waals surface area (Å²) in [4.78, 5) is 0. The second-order valence-electron chi connectivity index (χ2n) is 5.99. The summed E-state index contributed by atoms with van der Waals surface area (Å²) in [7, 11) is 0. The molecule has 2 saturated heterocycles. The summed E-state index contributed by atoms with van der Waals surface area (Å²) in [5.74, 6) is 1.45. The minimum absolute atomic E-state index is 0.528. The lowest BCUT2D eigenvalue weighted by molar-refractivity contribution is -0.0215. The van der Waals surface area contributed by atoms with Crippen molar-refractivity contribution in [1.82, 2.24) is 0 Å². The van der Waals surface area contributed by atoms with Crippen LogP contribution in [0.15, 0.2) is 0 Å². The maximum atomic E-state index is 5.87.